The Labute approximate surface area is 141 Å². The van der Waals surface area contributed by atoms with Crippen LogP contribution in [-0.4, -0.2) is 28.5 Å². The molecule has 6 heteroatoms. The molecule has 0 aliphatic rings. The minimum absolute atomic E-state index is 0.137. The van der Waals surface area contributed by atoms with Crippen molar-refractivity contribution in [1.82, 2.24) is 15.3 Å². The fraction of sp³-hybridized carbons (Fsp3) is 0.444. The van der Waals surface area contributed by atoms with E-state index in [4.69, 9.17) is 4.74 Å². The Morgan fingerprint density at radius 1 is 1.29 bits per heavy atom. The number of hydrogen-bond acceptors (Lipinski definition) is 5. The number of ether oxygens (including phenoxy) is 1. The summed E-state index contributed by atoms with van der Waals surface area (Å²) >= 11 is 0. The summed E-state index contributed by atoms with van der Waals surface area (Å²) in [6.07, 6.45) is 1.69. The first kappa shape index (κ1) is 17.7. The van der Waals surface area contributed by atoms with E-state index in [1.807, 2.05) is 45.0 Å². The second-order valence-electron chi connectivity index (χ2n) is 5.78. The SMILES string of the molecule is CCCCNC(=O)[C@H](C#N)c1nc2ccccc2nc1OC(C)C. The molecule has 1 N–H and O–H groups in total. The van der Waals surface area contributed by atoms with Crippen LogP contribution in [0.2, 0.25) is 0 Å². The molecule has 0 aliphatic heterocycles. The highest BCUT2D eigenvalue weighted by molar-refractivity contribution is 5.87. The Balaban J connectivity index is 2.42. The lowest BCUT2D eigenvalue weighted by Crippen LogP contribution is -2.30. The summed E-state index contributed by atoms with van der Waals surface area (Å²) in [4.78, 5) is 21.3. The third kappa shape index (κ3) is 4.19. The van der Waals surface area contributed by atoms with Gasteiger partial charge in [0.25, 0.3) is 0 Å². The van der Waals surface area contributed by atoms with Crippen molar-refractivity contribution in [3.8, 4) is 11.9 Å². The van der Waals surface area contributed by atoms with Crippen molar-refractivity contribution in [3.63, 3.8) is 0 Å². The zero-order valence-corrected chi connectivity index (χ0v) is 14.2. The maximum atomic E-state index is 12.4. The van der Waals surface area contributed by atoms with Crippen LogP contribution in [0, 0.1) is 11.3 Å². The molecule has 1 atom stereocenters. The third-order valence-electron chi connectivity index (χ3n) is 3.41. The number of para-hydroxylation sites is 2. The first-order chi connectivity index (χ1) is 11.6. The van der Waals surface area contributed by atoms with Crippen LogP contribution in [-0.2, 0) is 4.79 Å². The van der Waals surface area contributed by atoms with Gasteiger partial charge in [-0.3, -0.25) is 4.79 Å². The molecule has 6 nitrogen and oxygen atoms in total. The van der Waals surface area contributed by atoms with Crippen LogP contribution < -0.4 is 10.1 Å². The average molecular weight is 326 g/mol. The predicted octanol–water partition coefficient (Wildman–Crippen LogP) is 2.94. The molecule has 1 heterocycles. The van der Waals surface area contributed by atoms with Crippen molar-refractivity contribution in [2.75, 3.05) is 6.54 Å². The second kappa shape index (κ2) is 8.25. The highest BCUT2D eigenvalue weighted by atomic mass is 16.5. The quantitative estimate of drug-likeness (QED) is 0.790. The van der Waals surface area contributed by atoms with Crippen molar-refractivity contribution in [2.45, 2.75) is 45.6 Å². The van der Waals surface area contributed by atoms with Crippen molar-refractivity contribution in [3.05, 3.63) is 30.0 Å². The van der Waals surface area contributed by atoms with E-state index in [0.717, 1.165) is 12.8 Å². The first-order valence-corrected chi connectivity index (χ1v) is 8.17. The minimum Gasteiger partial charge on any atom is -0.474 e. The molecular formula is C18H22N4O2. The highest BCUT2D eigenvalue weighted by Crippen LogP contribution is 2.26. The Bertz CT molecular complexity index is 752. The third-order valence-corrected chi connectivity index (χ3v) is 3.41. The van der Waals surface area contributed by atoms with Gasteiger partial charge in [0.1, 0.15) is 5.69 Å². The zero-order valence-electron chi connectivity index (χ0n) is 14.2. The summed E-state index contributed by atoms with van der Waals surface area (Å²) in [5.74, 6) is -1.18. The molecule has 126 valence electrons. The van der Waals surface area contributed by atoms with Crippen LogP contribution in [0.1, 0.15) is 45.2 Å². The molecule has 0 unspecified atom stereocenters. The largest absolute Gasteiger partial charge is 0.474 e. The van der Waals surface area contributed by atoms with Crippen molar-refractivity contribution >= 4 is 16.9 Å². The number of nitrogens with zero attached hydrogens (tertiary/aromatic N) is 3. The van der Waals surface area contributed by atoms with Gasteiger partial charge in [-0.05, 0) is 32.4 Å². The Kier molecular flexibility index (Phi) is 6.07. The van der Waals surface area contributed by atoms with E-state index in [1.54, 1.807) is 6.07 Å². The average Bonchev–Trinajstić information content (AvgIpc) is 2.55. The zero-order chi connectivity index (χ0) is 17.5. The van der Waals surface area contributed by atoms with Gasteiger partial charge in [-0.1, -0.05) is 25.5 Å². The van der Waals surface area contributed by atoms with Gasteiger partial charge < -0.3 is 10.1 Å². The van der Waals surface area contributed by atoms with Crippen LogP contribution in [0.3, 0.4) is 0 Å². The summed E-state index contributed by atoms with van der Waals surface area (Å²) in [5.41, 5.74) is 1.56. The molecule has 1 aromatic carbocycles. The van der Waals surface area contributed by atoms with E-state index in [1.165, 1.54) is 0 Å². The molecule has 0 bridgehead atoms. The molecule has 1 aromatic heterocycles. The van der Waals surface area contributed by atoms with E-state index in [-0.39, 0.29) is 23.6 Å². The van der Waals surface area contributed by atoms with Crippen molar-refractivity contribution in [1.29, 1.82) is 5.26 Å². The van der Waals surface area contributed by atoms with Gasteiger partial charge >= 0.3 is 0 Å². The number of carbonyl (C=O) groups excluding carboxylic acids is 1. The van der Waals surface area contributed by atoms with E-state index < -0.39 is 5.92 Å². The number of aromatic nitrogens is 2. The normalized spacial score (nSPS) is 12.0. The van der Waals surface area contributed by atoms with Crippen LogP contribution in [0.5, 0.6) is 5.88 Å². The Morgan fingerprint density at radius 2 is 1.96 bits per heavy atom. The van der Waals surface area contributed by atoms with Crippen LogP contribution in [0.4, 0.5) is 0 Å². The van der Waals surface area contributed by atoms with Gasteiger partial charge in [-0.25, -0.2) is 9.97 Å². The van der Waals surface area contributed by atoms with Gasteiger partial charge in [0.15, 0.2) is 5.92 Å². The van der Waals surface area contributed by atoms with E-state index in [9.17, 15) is 10.1 Å². The van der Waals surface area contributed by atoms with E-state index in [2.05, 4.69) is 15.3 Å². The minimum atomic E-state index is -1.05. The predicted molar refractivity (Wildman–Crippen MR) is 91.6 cm³/mol. The number of nitrogens with one attached hydrogen (secondary N) is 1. The molecule has 0 radical (unpaired) electrons. The molecule has 0 fully saturated rings. The van der Waals surface area contributed by atoms with Crippen LogP contribution >= 0.6 is 0 Å². The van der Waals surface area contributed by atoms with E-state index in [0.29, 0.717) is 17.6 Å². The molecule has 0 spiro atoms. The number of unbranched alkanes of at least 4 members (excludes halogenated alkanes) is 1. The molecular weight excluding hydrogens is 304 g/mol. The monoisotopic (exact) mass is 326 g/mol. The Morgan fingerprint density at radius 3 is 2.54 bits per heavy atom. The summed E-state index contributed by atoms with van der Waals surface area (Å²) in [6, 6.07) is 9.35. The lowest BCUT2D eigenvalue weighted by Gasteiger charge is -2.16. The molecule has 0 saturated heterocycles. The van der Waals surface area contributed by atoms with Gasteiger partial charge in [-0.2, -0.15) is 5.26 Å². The topological polar surface area (TPSA) is 87.9 Å². The summed E-state index contributed by atoms with van der Waals surface area (Å²) in [7, 11) is 0. The standard InChI is InChI=1S/C18H22N4O2/c1-4-5-10-20-17(23)13(11-19)16-18(24-12(2)3)22-15-9-7-6-8-14(15)21-16/h6-9,12-13H,4-5,10H2,1-3H3,(H,20,23)/t13-/m1/s1. The molecule has 0 aliphatic carbocycles. The lowest BCUT2D eigenvalue weighted by atomic mass is 10.1. The van der Waals surface area contributed by atoms with Crippen molar-refractivity contribution < 1.29 is 9.53 Å². The van der Waals surface area contributed by atoms with Crippen LogP contribution in [0.15, 0.2) is 24.3 Å². The first-order valence-electron chi connectivity index (χ1n) is 8.17. The fourth-order valence-corrected chi connectivity index (χ4v) is 2.23. The number of rotatable bonds is 7. The smallest absolute Gasteiger partial charge is 0.243 e. The number of amides is 1. The number of nitriles is 1. The summed E-state index contributed by atoms with van der Waals surface area (Å²) < 4.78 is 5.71. The number of carbonyl (C=O) groups is 1. The van der Waals surface area contributed by atoms with Gasteiger partial charge in [0.2, 0.25) is 11.8 Å². The molecule has 0 saturated carbocycles. The second-order valence-corrected chi connectivity index (χ2v) is 5.78. The maximum Gasteiger partial charge on any atom is 0.243 e. The number of hydrogen-bond donors (Lipinski definition) is 1. The number of fused-ring (bicyclic) bond motifs is 1. The number of benzene rings is 1. The highest BCUT2D eigenvalue weighted by Gasteiger charge is 2.27. The van der Waals surface area contributed by atoms with Gasteiger partial charge in [-0.15, -0.1) is 0 Å². The molecule has 1 amide bonds. The Hall–Kier alpha value is -2.68. The lowest BCUT2D eigenvalue weighted by molar-refractivity contribution is -0.121. The molecule has 2 aromatic rings. The molecule has 24 heavy (non-hydrogen) atoms. The fourth-order valence-electron chi connectivity index (χ4n) is 2.23. The summed E-state index contributed by atoms with van der Waals surface area (Å²) in [6.45, 7) is 6.30. The summed E-state index contributed by atoms with van der Waals surface area (Å²) in [5, 5.41) is 12.3. The maximum absolute atomic E-state index is 12.4. The van der Waals surface area contributed by atoms with Gasteiger partial charge in [0.05, 0.1) is 23.2 Å². The molecule has 2 rings (SSSR count). The van der Waals surface area contributed by atoms with Gasteiger partial charge in [0, 0.05) is 6.54 Å². The van der Waals surface area contributed by atoms with Crippen LogP contribution in [0.25, 0.3) is 11.0 Å². The van der Waals surface area contributed by atoms with Crippen molar-refractivity contribution in [2.24, 2.45) is 0 Å². The van der Waals surface area contributed by atoms with E-state index >= 15 is 0 Å².